The highest BCUT2D eigenvalue weighted by Gasteiger charge is 2.30. The number of rotatable bonds is 4. The summed E-state index contributed by atoms with van der Waals surface area (Å²) in [6.07, 6.45) is 2.38. The van der Waals surface area contributed by atoms with Gasteiger partial charge in [0.2, 0.25) is 0 Å². The van der Waals surface area contributed by atoms with Crippen LogP contribution < -0.4 is 5.32 Å². The van der Waals surface area contributed by atoms with E-state index in [9.17, 15) is 0 Å². The summed E-state index contributed by atoms with van der Waals surface area (Å²) in [5.74, 6) is 0.626. The van der Waals surface area contributed by atoms with Crippen LogP contribution in [-0.2, 0) is 6.54 Å². The Balaban J connectivity index is 1.49. The van der Waals surface area contributed by atoms with Gasteiger partial charge >= 0.3 is 0 Å². The molecule has 2 aromatic rings. The molecule has 1 fully saturated rings. The molecule has 1 N–H and O–H groups in total. The molecule has 0 saturated heterocycles. The van der Waals surface area contributed by atoms with Gasteiger partial charge in [-0.3, -0.25) is 0 Å². The van der Waals surface area contributed by atoms with E-state index in [4.69, 9.17) is 11.6 Å². The summed E-state index contributed by atoms with van der Waals surface area (Å²) in [7, 11) is 0. The lowest BCUT2D eigenvalue weighted by Gasteiger charge is -2.36. The molecule has 1 nitrogen and oxygen atoms in total. The molecule has 0 aliphatic heterocycles. The highest BCUT2D eigenvalue weighted by Crippen LogP contribution is 2.40. The number of hydrogen-bond donors (Lipinski definition) is 1. The van der Waals surface area contributed by atoms with Gasteiger partial charge in [-0.1, -0.05) is 29.8 Å². The molecule has 1 heterocycles. The maximum Gasteiger partial charge on any atom is 0.0701 e. The Morgan fingerprint density at radius 3 is 2.68 bits per heavy atom. The van der Waals surface area contributed by atoms with Crippen molar-refractivity contribution in [1.82, 2.24) is 5.32 Å². The van der Waals surface area contributed by atoms with Crippen LogP contribution in [0.4, 0.5) is 0 Å². The number of halogens is 2. The fourth-order valence-electron chi connectivity index (χ4n) is 2.54. The minimum atomic E-state index is 0.626. The van der Waals surface area contributed by atoms with Crippen molar-refractivity contribution in [3.05, 3.63) is 55.6 Å². The molecule has 1 saturated carbocycles. The predicted molar refractivity (Wildman–Crippen MR) is 86.1 cm³/mol. The molecule has 0 spiro atoms. The zero-order valence-corrected chi connectivity index (χ0v) is 13.6. The van der Waals surface area contributed by atoms with E-state index in [0.717, 1.165) is 11.6 Å². The Morgan fingerprint density at radius 1 is 1.21 bits per heavy atom. The van der Waals surface area contributed by atoms with Gasteiger partial charge in [0.25, 0.3) is 0 Å². The van der Waals surface area contributed by atoms with Crippen LogP contribution >= 0.6 is 38.9 Å². The molecular weight excluding hydrogens is 342 g/mol. The minimum absolute atomic E-state index is 0.626. The minimum Gasteiger partial charge on any atom is -0.309 e. The summed E-state index contributed by atoms with van der Waals surface area (Å²) >= 11 is 11.5. The van der Waals surface area contributed by atoms with E-state index in [1.807, 2.05) is 12.1 Å². The number of hydrogen-bond acceptors (Lipinski definition) is 2. The van der Waals surface area contributed by atoms with Crippen LogP contribution in [0, 0.1) is 0 Å². The molecule has 1 aromatic heterocycles. The summed E-state index contributed by atoms with van der Waals surface area (Å²) in [6.45, 7) is 0.968. The second-order valence-corrected chi connectivity index (χ2v) is 7.93. The maximum atomic E-state index is 6.23. The van der Waals surface area contributed by atoms with Gasteiger partial charge in [0.05, 0.1) is 3.79 Å². The zero-order chi connectivity index (χ0) is 13.2. The number of thiophene rings is 1. The zero-order valence-electron chi connectivity index (χ0n) is 10.4. The first kappa shape index (κ1) is 13.6. The molecule has 1 aliphatic rings. The molecule has 1 aliphatic carbocycles. The van der Waals surface area contributed by atoms with E-state index in [1.54, 1.807) is 11.3 Å². The van der Waals surface area contributed by atoms with Crippen LogP contribution in [0.2, 0.25) is 5.02 Å². The van der Waals surface area contributed by atoms with E-state index in [2.05, 4.69) is 45.5 Å². The van der Waals surface area contributed by atoms with Crippen molar-refractivity contribution in [2.75, 3.05) is 0 Å². The van der Waals surface area contributed by atoms with E-state index in [1.165, 1.54) is 27.1 Å². The third-order valence-corrected chi connectivity index (χ3v) is 5.64. The van der Waals surface area contributed by atoms with Crippen molar-refractivity contribution in [3.8, 4) is 0 Å². The third kappa shape index (κ3) is 3.22. The number of nitrogens with one attached hydrogen (secondary N) is 1. The molecule has 3 rings (SSSR count). The average Bonchev–Trinajstić information content (AvgIpc) is 2.75. The van der Waals surface area contributed by atoms with Crippen LogP contribution in [0.3, 0.4) is 0 Å². The molecule has 0 unspecified atom stereocenters. The molecule has 100 valence electrons. The lowest BCUT2D eigenvalue weighted by atomic mass is 9.76. The second kappa shape index (κ2) is 5.96. The fourth-order valence-corrected chi connectivity index (χ4v) is 4.26. The van der Waals surface area contributed by atoms with Crippen molar-refractivity contribution >= 4 is 38.9 Å². The monoisotopic (exact) mass is 355 g/mol. The molecule has 19 heavy (non-hydrogen) atoms. The van der Waals surface area contributed by atoms with Crippen LogP contribution in [0.1, 0.15) is 29.2 Å². The lowest BCUT2D eigenvalue weighted by molar-refractivity contribution is 0.290. The average molecular weight is 357 g/mol. The fraction of sp³-hybridized carbons (Fsp3) is 0.333. The Morgan fingerprint density at radius 2 is 2.00 bits per heavy atom. The summed E-state index contributed by atoms with van der Waals surface area (Å²) in [4.78, 5) is 1.38. The summed E-state index contributed by atoms with van der Waals surface area (Å²) < 4.78 is 1.20. The van der Waals surface area contributed by atoms with Crippen LogP contribution in [0.25, 0.3) is 0 Å². The Kier molecular flexibility index (Phi) is 4.27. The standard InChI is InChI=1S/C15H15BrClNS/c16-15-6-5-12(19-15)9-18-11-7-10(8-11)13-3-1-2-4-14(13)17/h1-6,10-11,18H,7-9H2. The molecule has 4 heteroatoms. The van der Waals surface area contributed by atoms with Crippen LogP contribution in [0.5, 0.6) is 0 Å². The highest BCUT2D eigenvalue weighted by molar-refractivity contribution is 9.11. The van der Waals surface area contributed by atoms with Gasteiger partial charge in [0, 0.05) is 22.5 Å². The van der Waals surface area contributed by atoms with Gasteiger partial charge < -0.3 is 5.32 Å². The molecule has 1 aromatic carbocycles. The van der Waals surface area contributed by atoms with Gasteiger partial charge in [-0.15, -0.1) is 11.3 Å². The topological polar surface area (TPSA) is 12.0 Å². The van der Waals surface area contributed by atoms with E-state index in [-0.39, 0.29) is 0 Å². The first-order valence-corrected chi connectivity index (χ1v) is 8.43. The predicted octanol–water partition coefficient (Wildman–Crippen LogP) is 5.20. The van der Waals surface area contributed by atoms with Gasteiger partial charge in [0.15, 0.2) is 0 Å². The van der Waals surface area contributed by atoms with Gasteiger partial charge in [-0.2, -0.15) is 0 Å². The third-order valence-electron chi connectivity index (χ3n) is 3.68. The van der Waals surface area contributed by atoms with Crippen molar-refractivity contribution in [2.24, 2.45) is 0 Å². The Labute approximate surface area is 131 Å². The number of benzene rings is 1. The van der Waals surface area contributed by atoms with E-state index < -0.39 is 0 Å². The van der Waals surface area contributed by atoms with Crippen molar-refractivity contribution < 1.29 is 0 Å². The van der Waals surface area contributed by atoms with Crippen molar-refractivity contribution in [2.45, 2.75) is 31.3 Å². The maximum absolute atomic E-state index is 6.23. The van der Waals surface area contributed by atoms with Crippen LogP contribution in [0.15, 0.2) is 40.2 Å². The second-order valence-electron chi connectivity index (χ2n) is 4.97. The first-order valence-electron chi connectivity index (χ1n) is 6.44. The summed E-state index contributed by atoms with van der Waals surface area (Å²) in [5.41, 5.74) is 1.31. The quantitative estimate of drug-likeness (QED) is 0.794. The summed E-state index contributed by atoms with van der Waals surface area (Å²) in [6, 6.07) is 13.1. The normalized spacial score (nSPS) is 22.2. The highest BCUT2D eigenvalue weighted by atomic mass is 79.9. The molecule has 0 amide bonds. The van der Waals surface area contributed by atoms with E-state index >= 15 is 0 Å². The van der Waals surface area contributed by atoms with Gasteiger partial charge in [-0.05, 0) is 58.5 Å². The smallest absolute Gasteiger partial charge is 0.0701 e. The van der Waals surface area contributed by atoms with Crippen LogP contribution in [-0.4, -0.2) is 6.04 Å². The van der Waals surface area contributed by atoms with E-state index in [0.29, 0.717) is 12.0 Å². The molecule has 0 bridgehead atoms. The molecule has 0 atom stereocenters. The van der Waals surface area contributed by atoms with Crippen molar-refractivity contribution in [1.29, 1.82) is 0 Å². The largest absolute Gasteiger partial charge is 0.309 e. The Hall–Kier alpha value is -0.350. The summed E-state index contributed by atoms with van der Waals surface area (Å²) in [5, 5.41) is 4.52. The van der Waals surface area contributed by atoms with Gasteiger partial charge in [-0.25, -0.2) is 0 Å². The molecule has 0 radical (unpaired) electrons. The SMILES string of the molecule is Clc1ccccc1C1CC(NCc2ccc(Br)s2)C1. The Bertz CT molecular complexity index is 563. The molecular formula is C15H15BrClNS. The first-order chi connectivity index (χ1) is 9.22. The van der Waals surface area contributed by atoms with Crippen molar-refractivity contribution in [3.63, 3.8) is 0 Å². The lowest BCUT2D eigenvalue weighted by Crippen LogP contribution is -2.39. The van der Waals surface area contributed by atoms with Gasteiger partial charge in [0.1, 0.15) is 0 Å².